The smallest absolute Gasteiger partial charge is 0.0154 e. The quantitative estimate of drug-likeness (QED) is 0.287. The van der Waals surface area contributed by atoms with Gasteiger partial charge in [0.15, 0.2) is 0 Å². The highest BCUT2D eigenvalue weighted by molar-refractivity contribution is 7.99. The molecule has 1 heteroatoms. The minimum Gasteiger partial charge on any atom is -0.0895 e. The van der Waals surface area contributed by atoms with Crippen LogP contribution in [0.25, 0.3) is 0 Å². The van der Waals surface area contributed by atoms with E-state index in [1.807, 2.05) is 11.8 Å². The predicted molar refractivity (Wildman–Crippen MR) is 127 cm³/mol. The zero-order valence-electron chi connectivity index (χ0n) is 18.4. The van der Waals surface area contributed by atoms with Gasteiger partial charge in [-0.2, -0.15) is 0 Å². The van der Waals surface area contributed by atoms with Crippen LogP contribution in [0.2, 0.25) is 0 Å². The summed E-state index contributed by atoms with van der Waals surface area (Å²) in [7, 11) is 0. The Labute approximate surface area is 178 Å². The van der Waals surface area contributed by atoms with Crippen LogP contribution in [-0.2, 0) is 12.8 Å². The third-order valence-electron chi connectivity index (χ3n) is 5.55. The van der Waals surface area contributed by atoms with Gasteiger partial charge < -0.3 is 0 Å². The van der Waals surface area contributed by atoms with E-state index in [9.17, 15) is 0 Å². The van der Waals surface area contributed by atoms with Crippen LogP contribution in [0.5, 0.6) is 0 Å². The number of aryl methyl sites for hydroxylation is 3. The Balaban J connectivity index is 1.89. The summed E-state index contributed by atoms with van der Waals surface area (Å²) in [5, 5.41) is 0. The minimum absolute atomic E-state index is 1.21. The number of hydrogen-bond acceptors (Lipinski definition) is 1. The van der Waals surface area contributed by atoms with Crippen molar-refractivity contribution in [1.29, 1.82) is 0 Å². The van der Waals surface area contributed by atoms with Gasteiger partial charge in [0.05, 0.1) is 0 Å². The summed E-state index contributed by atoms with van der Waals surface area (Å²) in [6.45, 7) is 6.84. The summed E-state index contributed by atoms with van der Waals surface area (Å²) in [6.07, 6.45) is 16.0. The lowest BCUT2D eigenvalue weighted by atomic mass is 10.0. The van der Waals surface area contributed by atoms with Gasteiger partial charge in [0.25, 0.3) is 0 Å². The van der Waals surface area contributed by atoms with Crippen molar-refractivity contribution in [3.8, 4) is 0 Å². The first kappa shape index (κ1) is 23.1. The third-order valence-corrected chi connectivity index (χ3v) is 6.85. The van der Waals surface area contributed by atoms with Gasteiger partial charge in [-0.15, -0.1) is 0 Å². The van der Waals surface area contributed by atoms with E-state index in [4.69, 9.17) is 0 Å². The third kappa shape index (κ3) is 8.43. The number of benzene rings is 2. The van der Waals surface area contributed by atoms with Crippen LogP contribution < -0.4 is 0 Å². The van der Waals surface area contributed by atoms with Crippen LogP contribution in [0.3, 0.4) is 0 Å². The average Bonchev–Trinajstić information content (AvgIpc) is 2.71. The highest BCUT2D eigenvalue weighted by Crippen LogP contribution is 2.34. The normalized spacial score (nSPS) is 11.1. The first-order valence-corrected chi connectivity index (χ1v) is 12.4. The van der Waals surface area contributed by atoms with E-state index in [1.54, 1.807) is 0 Å². The molecule has 2 aromatic rings. The Morgan fingerprint density at radius 2 is 1.29 bits per heavy atom. The molecule has 0 radical (unpaired) electrons. The Morgan fingerprint density at radius 3 is 2.04 bits per heavy atom. The monoisotopic (exact) mass is 396 g/mol. The number of unbranched alkanes of at least 4 members (excludes halogenated alkanes) is 8. The van der Waals surface area contributed by atoms with Gasteiger partial charge in [-0.1, -0.05) is 107 Å². The van der Waals surface area contributed by atoms with Crippen molar-refractivity contribution in [3.63, 3.8) is 0 Å². The Bertz CT molecular complexity index is 674. The molecule has 0 bridgehead atoms. The Morgan fingerprint density at radius 1 is 0.643 bits per heavy atom. The van der Waals surface area contributed by atoms with E-state index in [1.165, 1.54) is 104 Å². The molecular formula is C27H40S. The Kier molecular flexibility index (Phi) is 11.4. The lowest BCUT2D eigenvalue weighted by Gasteiger charge is -2.12. The molecule has 0 aliphatic heterocycles. The van der Waals surface area contributed by atoms with Gasteiger partial charge >= 0.3 is 0 Å². The van der Waals surface area contributed by atoms with Crippen molar-refractivity contribution in [2.24, 2.45) is 0 Å². The molecule has 0 amide bonds. The van der Waals surface area contributed by atoms with Crippen molar-refractivity contribution in [2.45, 2.75) is 108 Å². The van der Waals surface area contributed by atoms with E-state index in [0.717, 1.165) is 0 Å². The summed E-state index contributed by atoms with van der Waals surface area (Å²) >= 11 is 1.95. The highest BCUT2D eigenvalue weighted by Gasteiger charge is 2.07. The number of rotatable bonds is 14. The van der Waals surface area contributed by atoms with Crippen molar-refractivity contribution in [2.75, 3.05) is 0 Å². The highest BCUT2D eigenvalue weighted by atomic mass is 32.2. The van der Waals surface area contributed by atoms with E-state index in [-0.39, 0.29) is 0 Å². The van der Waals surface area contributed by atoms with Gasteiger partial charge in [-0.05, 0) is 61.4 Å². The van der Waals surface area contributed by atoms with Crippen LogP contribution >= 0.6 is 11.8 Å². The molecule has 0 atom stereocenters. The molecule has 0 fully saturated rings. The zero-order valence-corrected chi connectivity index (χ0v) is 19.3. The molecule has 2 aromatic carbocycles. The largest absolute Gasteiger partial charge is 0.0895 e. The second-order valence-electron chi connectivity index (χ2n) is 8.14. The molecule has 154 valence electrons. The lowest BCUT2D eigenvalue weighted by molar-refractivity contribution is 0.607. The van der Waals surface area contributed by atoms with Crippen LogP contribution in [0.4, 0.5) is 0 Å². The molecule has 0 aliphatic rings. The van der Waals surface area contributed by atoms with E-state index >= 15 is 0 Å². The molecule has 0 aliphatic carbocycles. The van der Waals surface area contributed by atoms with Gasteiger partial charge in [-0.3, -0.25) is 0 Å². The van der Waals surface area contributed by atoms with Crippen LogP contribution in [0.15, 0.2) is 52.3 Å². The standard InChI is InChI=1S/C27H40S/c1-4-6-8-10-11-12-16-24-20-21-26(23(3)22-24)28-27-19-15-14-18-25(27)17-13-9-7-5-2/h14-15,18-22H,4-13,16-17H2,1-3H3. The van der Waals surface area contributed by atoms with E-state index in [0.29, 0.717) is 0 Å². The summed E-state index contributed by atoms with van der Waals surface area (Å²) < 4.78 is 0. The van der Waals surface area contributed by atoms with Gasteiger partial charge in [-0.25, -0.2) is 0 Å². The van der Waals surface area contributed by atoms with Gasteiger partial charge in [0.1, 0.15) is 0 Å². The maximum absolute atomic E-state index is 2.41. The zero-order chi connectivity index (χ0) is 20.0. The van der Waals surface area contributed by atoms with Crippen molar-refractivity contribution in [3.05, 3.63) is 59.2 Å². The second-order valence-corrected chi connectivity index (χ2v) is 9.22. The SMILES string of the molecule is CCCCCCCCc1ccc(Sc2ccccc2CCCCCC)c(C)c1. The molecule has 0 heterocycles. The molecule has 28 heavy (non-hydrogen) atoms. The summed E-state index contributed by atoms with van der Waals surface area (Å²) in [6, 6.07) is 16.1. The molecular weight excluding hydrogens is 356 g/mol. The van der Waals surface area contributed by atoms with E-state index in [2.05, 4.69) is 63.2 Å². The van der Waals surface area contributed by atoms with Gasteiger partial charge in [0, 0.05) is 9.79 Å². The fourth-order valence-electron chi connectivity index (χ4n) is 3.76. The van der Waals surface area contributed by atoms with Crippen molar-refractivity contribution < 1.29 is 0 Å². The first-order chi connectivity index (χ1) is 13.7. The molecule has 0 saturated carbocycles. The lowest BCUT2D eigenvalue weighted by Crippen LogP contribution is -1.92. The fourth-order valence-corrected chi connectivity index (χ4v) is 4.80. The van der Waals surface area contributed by atoms with Crippen LogP contribution in [0, 0.1) is 6.92 Å². The maximum Gasteiger partial charge on any atom is 0.0154 e. The predicted octanol–water partition coefficient (Wildman–Crippen LogP) is 9.17. The summed E-state index contributed by atoms with van der Waals surface area (Å²) in [5.74, 6) is 0. The van der Waals surface area contributed by atoms with Gasteiger partial charge in [0.2, 0.25) is 0 Å². The van der Waals surface area contributed by atoms with Crippen LogP contribution in [-0.4, -0.2) is 0 Å². The summed E-state index contributed by atoms with van der Waals surface area (Å²) in [4.78, 5) is 2.85. The van der Waals surface area contributed by atoms with E-state index < -0.39 is 0 Å². The molecule has 2 rings (SSSR count). The molecule has 0 unspecified atom stereocenters. The molecule has 0 nitrogen and oxygen atoms in total. The maximum atomic E-state index is 2.41. The number of hydrogen-bond donors (Lipinski definition) is 0. The average molecular weight is 397 g/mol. The molecule has 0 N–H and O–H groups in total. The summed E-state index contributed by atoms with van der Waals surface area (Å²) in [5.41, 5.74) is 4.44. The molecule has 0 aromatic heterocycles. The fraction of sp³-hybridized carbons (Fsp3) is 0.556. The minimum atomic E-state index is 1.21. The topological polar surface area (TPSA) is 0 Å². The Hall–Kier alpha value is -1.21. The first-order valence-electron chi connectivity index (χ1n) is 11.6. The van der Waals surface area contributed by atoms with Crippen molar-refractivity contribution in [1.82, 2.24) is 0 Å². The molecule has 0 saturated heterocycles. The van der Waals surface area contributed by atoms with Crippen LogP contribution in [0.1, 0.15) is 94.7 Å². The second kappa shape index (κ2) is 13.9. The van der Waals surface area contributed by atoms with Crippen molar-refractivity contribution >= 4 is 11.8 Å². The molecule has 0 spiro atoms.